The lowest BCUT2D eigenvalue weighted by atomic mass is 9.91. The molecule has 8 heteroatoms. The van der Waals surface area contributed by atoms with Crippen molar-refractivity contribution in [3.63, 3.8) is 0 Å². The summed E-state index contributed by atoms with van der Waals surface area (Å²) in [6, 6.07) is 7.71. The van der Waals surface area contributed by atoms with Gasteiger partial charge in [0.05, 0.1) is 37.3 Å². The van der Waals surface area contributed by atoms with Gasteiger partial charge in [-0.1, -0.05) is 27.9 Å². The van der Waals surface area contributed by atoms with Crippen molar-refractivity contribution in [1.82, 2.24) is 0 Å². The summed E-state index contributed by atoms with van der Waals surface area (Å²) in [4.78, 5) is 11.7. The average molecular weight is 578 g/mol. The number of Topliss-reactive ketones (excluding diaryl/α,β-unsaturated/α-hetero) is 1. The summed E-state index contributed by atoms with van der Waals surface area (Å²) in [5.74, 6) is 6.01. The molecule has 0 radical (unpaired) electrons. The Morgan fingerprint density at radius 2 is 1.92 bits per heavy atom. The third kappa shape index (κ3) is 8.56. The molecule has 1 aromatic carbocycles. The minimum Gasteiger partial charge on any atom is -0.493 e. The van der Waals surface area contributed by atoms with Crippen LogP contribution >= 0.6 is 15.9 Å². The van der Waals surface area contributed by atoms with E-state index in [0.29, 0.717) is 38.4 Å². The molecule has 0 spiro atoms. The molecule has 4 rings (SSSR count). The van der Waals surface area contributed by atoms with Crippen molar-refractivity contribution >= 4 is 21.7 Å². The topological polar surface area (TPSA) is 83.5 Å². The van der Waals surface area contributed by atoms with E-state index < -0.39 is 12.0 Å². The summed E-state index contributed by atoms with van der Waals surface area (Å²) in [5.41, 5.74) is 0. The van der Waals surface area contributed by atoms with Gasteiger partial charge in [0.2, 0.25) is 5.78 Å². The van der Waals surface area contributed by atoms with Gasteiger partial charge in [0.15, 0.2) is 12.6 Å². The number of ketones is 1. The summed E-state index contributed by atoms with van der Waals surface area (Å²) in [6.45, 7) is 3.20. The van der Waals surface area contributed by atoms with E-state index in [-0.39, 0.29) is 30.4 Å². The predicted molar refractivity (Wildman–Crippen MR) is 142 cm³/mol. The fourth-order valence-corrected chi connectivity index (χ4v) is 5.42. The quantitative estimate of drug-likeness (QED) is 0.188. The molecule has 1 N–H and O–H groups in total. The van der Waals surface area contributed by atoms with Gasteiger partial charge in [-0.05, 0) is 62.3 Å². The Labute approximate surface area is 228 Å². The monoisotopic (exact) mass is 576 g/mol. The smallest absolute Gasteiger partial charge is 0.202 e. The SMILES string of the molecule is CC(=O)C#C[C@H]1[C@@H](/C(=C\CCOc2cccc(Br)c2)OC2CCCCO2)[C@@H](OC2CCCCO2)C[C@H]1O. The zero-order valence-corrected chi connectivity index (χ0v) is 23.0. The van der Waals surface area contributed by atoms with Crippen LogP contribution < -0.4 is 4.74 Å². The predicted octanol–water partition coefficient (Wildman–Crippen LogP) is 5.15. The van der Waals surface area contributed by atoms with Crippen LogP contribution in [0.3, 0.4) is 0 Å². The van der Waals surface area contributed by atoms with Crippen molar-refractivity contribution in [3.8, 4) is 17.6 Å². The van der Waals surface area contributed by atoms with E-state index in [1.54, 1.807) is 0 Å². The molecule has 2 aliphatic heterocycles. The van der Waals surface area contributed by atoms with Crippen molar-refractivity contribution in [3.05, 3.63) is 40.6 Å². The fourth-order valence-electron chi connectivity index (χ4n) is 5.04. The Bertz CT molecular complexity index is 972. The number of carbonyl (C=O) groups is 1. The van der Waals surface area contributed by atoms with Crippen molar-refractivity contribution in [2.24, 2.45) is 11.8 Å². The first-order valence-corrected chi connectivity index (χ1v) is 14.1. The zero-order valence-electron chi connectivity index (χ0n) is 21.4. The summed E-state index contributed by atoms with van der Waals surface area (Å²) >= 11 is 3.47. The second-order valence-corrected chi connectivity index (χ2v) is 10.7. The number of halogens is 1. The number of hydrogen-bond donors (Lipinski definition) is 1. The van der Waals surface area contributed by atoms with E-state index in [2.05, 4.69) is 27.8 Å². The van der Waals surface area contributed by atoms with Crippen LogP contribution in [0.15, 0.2) is 40.6 Å². The number of ether oxygens (including phenoxy) is 5. The van der Waals surface area contributed by atoms with Gasteiger partial charge in [-0.15, -0.1) is 0 Å². The van der Waals surface area contributed by atoms with Crippen LogP contribution in [-0.4, -0.2) is 55.5 Å². The molecule has 0 bridgehead atoms. The fraction of sp³-hybridized carbons (Fsp3) is 0.621. The van der Waals surface area contributed by atoms with E-state index >= 15 is 0 Å². The van der Waals surface area contributed by atoms with Gasteiger partial charge in [-0.3, -0.25) is 4.79 Å². The van der Waals surface area contributed by atoms with Gasteiger partial charge in [-0.2, -0.15) is 0 Å². The highest BCUT2D eigenvalue weighted by Gasteiger charge is 2.47. The minimum absolute atomic E-state index is 0.240. The van der Waals surface area contributed by atoms with E-state index in [4.69, 9.17) is 23.7 Å². The molecule has 6 atom stereocenters. The maximum atomic E-state index is 11.7. The second kappa shape index (κ2) is 14.3. The van der Waals surface area contributed by atoms with Crippen LogP contribution in [0.5, 0.6) is 5.75 Å². The van der Waals surface area contributed by atoms with Gasteiger partial charge in [0, 0.05) is 37.3 Å². The Hall–Kier alpha value is -1.89. The number of hydrogen-bond acceptors (Lipinski definition) is 7. The molecule has 3 fully saturated rings. The van der Waals surface area contributed by atoms with Gasteiger partial charge >= 0.3 is 0 Å². The molecule has 7 nitrogen and oxygen atoms in total. The maximum Gasteiger partial charge on any atom is 0.202 e. The molecule has 0 aromatic heterocycles. The minimum atomic E-state index is -0.748. The molecule has 1 saturated carbocycles. The Kier molecular flexibility index (Phi) is 10.9. The van der Waals surface area contributed by atoms with Crippen molar-refractivity contribution in [2.45, 2.75) is 83.1 Å². The third-order valence-corrected chi connectivity index (χ3v) is 7.31. The number of carbonyl (C=O) groups excluding carboxylic acids is 1. The van der Waals surface area contributed by atoms with Crippen LogP contribution in [0.2, 0.25) is 0 Å². The molecule has 1 aliphatic carbocycles. The van der Waals surface area contributed by atoms with E-state index in [0.717, 1.165) is 48.7 Å². The molecular formula is C29H37BrO7. The summed E-state index contributed by atoms with van der Waals surface area (Å²) < 4.78 is 31.5. The lowest BCUT2D eigenvalue weighted by Crippen LogP contribution is -2.34. The molecule has 2 saturated heterocycles. The van der Waals surface area contributed by atoms with Crippen LogP contribution in [0.1, 0.15) is 58.3 Å². The van der Waals surface area contributed by atoms with E-state index in [1.165, 1.54) is 6.92 Å². The largest absolute Gasteiger partial charge is 0.493 e. The van der Waals surface area contributed by atoms with E-state index in [9.17, 15) is 9.90 Å². The van der Waals surface area contributed by atoms with Crippen LogP contribution in [0, 0.1) is 23.7 Å². The molecule has 202 valence electrons. The standard InChI is InChI=1S/C29H37BrO7/c1-20(31)13-14-23-24(32)19-26(37-28-12-3-5-16-35-28)29(23)25(36-27-11-2-4-15-34-27)10-7-17-33-22-9-6-8-21(30)18-22/h6,8-10,18,23-24,26-29,32H,2-5,7,11-12,15-17,19H2,1H3/b25-10+/t23-,24-,26+,27?,28?,29+/m1/s1. The Morgan fingerprint density at radius 3 is 2.59 bits per heavy atom. The van der Waals surface area contributed by atoms with Gasteiger partial charge in [0.25, 0.3) is 0 Å². The highest BCUT2D eigenvalue weighted by atomic mass is 79.9. The molecule has 0 amide bonds. The summed E-state index contributed by atoms with van der Waals surface area (Å²) in [5, 5.41) is 11.0. The molecule has 3 aliphatic rings. The van der Waals surface area contributed by atoms with Gasteiger partial charge < -0.3 is 28.8 Å². The van der Waals surface area contributed by atoms with Crippen LogP contribution in [-0.2, 0) is 23.7 Å². The summed E-state index contributed by atoms with van der Waals surface area (Å²) in [7, 11) is 0. The molecule has 2 unspecified atom stereocenters. The van der Waals surface area contributed by atoms with Gasteiger partial charge in [-0.25, -0.2) is 0 Å². The highest BCUT2D eigenvalue weighted by Crippen LogP contribution is 2.42. The Balaban J connectivity index is 1.55. The van der Waals surface area contributed by atoms with Crippen molar-refractivity contribution in [2.75, 3.05) is 19.8 Å². The zero-order chi connectivity index (χ0) is 26.0. The maximum absolute atomic E-state index is 11.7. The Morgan fingerprint density at radius 1 is 1.16 bits per heavy atom. The average Bonchev–Trinajstić information content (AvgIpc) is 3.20. The number of rotatable bonds is 9. The lowest BCUT2D eigenvalue weighted by Gasteiger charge is -2.33. The first-order chi connectivity index (χ1) is 18.0. The normalized spacial score (nSPS) is 30.3. The van der Waals surface area contributed by atoms with Crippen LogP contribution in [0.4, 0.5) is 0 Å². The first-order valence-electron chi connectivity index (χ1n) is 13.3. The third-order valence-electron chi connectivity index (χ3n) is 6.82. The molecule has 2 heterocycles. The lowest BCUT2D eigenvalue weighted by molar-refractivity contribution is -0.200. The molecule has 1 aromatic rings. The molecule has 37 heavy (non-hydrogen) atoms. The van der Waals surface area contributed by atoms with Gasteiger partial charge in [0.1, 0.15) is 11.5 Å². The van der Waals surface area contributed by atoms with E-state index in [1.807, 2.05) is 30.3 Å². The second-order valence-electron chi connectivity index (χ2n) is 9.77. The number of aliphatic hydroxyl groups excluding tert-OH is 1. The number of aliphatic hydroxyl groups is 1. The summed E-state index contributed by atoms with van der Waals surface area (Å²) in [6.07, 6.45) is 6.90. The first kappa shape index (κ1) is 28.1. The van der Waals surface area contributed by atoms with Crippen LogP contribution in [0.25, 0.3) is 0 Å². The number of benzene rings is 1. The highest BCUT2D eigenvalue weighted by molar-refractivity contribution is 9.10. The van der Waals surface area contributed by atoms with Crippen molar-refractivity contribution in [1.29, 1.82) is 0 Å². The molecular weight excluding hydrogens is 540 g/mol. The van der Waals surface area contributed by atoms with Crippen molar-refractivity contribution < 1.29 is 33.6 Å².